The molecule has 3 nitrogen and oxygen atoms in total. The van der Waals surface area contributed by atoms with Gasteiger partial charge in [-0.25, -0.2) is 0 Å². The van der Waals surface area contributed by atoms with Crippen LogP contribution in [-0.2, 0) is 6.18 Å². The number of fused-ring (bicyclic) bond motifs is 1. The minimum absolute atomic E-state index is 0.138. The summed E-state index contributed by atoms with van der Waals surface area (Å²) in [7, 11) is 0. The van der Waals surface area contributed by atoms with Crippen LogP contribution < -0.4 is 0 Å². The van der Waals surface area contributed by atoms with E-state index >= 15 is 0 Å². The Balaban J connectivity index is 2.06. The third kappa shape index (κ3) is 1.75. The van der Waals surface area contributed by atoms with E-state index in [4.69, 9.17) is 0 Å². The second-order valence-electron chi connectivity index (χ2n) is 3.84. The van der Waals surface area contributed by atoms with Gasteiger partial charge in [-0.1, -0.05) is 23.4 Å². The summed E-state index contributed by atoms with van der Waals surface area (Å²) >= 11 is 0. The highest BCUT2D eigenvalue weighted by atomic mass is 19.4. The van der Waals surface area contributed by atoms with Crippen molar-refractivity contribution in [2.24, 2.45) is 0 Å². The van der Waals surface area contributed by atoms with Crippen molar-refractivity contribution in [1.82, 2.24) is 10.1 Å². The number of rotatable bonds is 1. The van der Waals surface area contributed by atoms with E-state index in [0.29, 0.717) is 5.69 Å². The molecule has 0 saturated carbocycles. The van der Waals surface area contributed by atoms with Gasteiger partial charge in [-0.3, -0.25) is 0 Å². The summed E-state index contributed by atoms with van der Waals surface area (Å²) in [6.07, 6.45) is -4.52. The maximum Gasteiger partial charge on any atom is 0.452 e. The monoisotopic (exact) mass is 252 g/mol. The summed E-state index contributed by atoms with van der Waals surface area (Å²) in [5.74, 6) is -1.10. The highest BCUT2D eigenvalue weighted by molar-refractivity contribution is 5.85. The first-order chi connectivity index (χ1) is 8.54. The van der Waals surface area contributed by atoms with Gasteiger partial charge in [0.25, 0.3) is 0 Å². The number of hydrogen-bond acceptors (Lipinski definition) is 2. The van der Waals surface area contributed by atoms with Gasteiger partial charge in [-0.05, 0) is 12.1 Å². The fourth-order valence-electron chi connectivity index (χ4n) is 1.75. The average Bonchev–Trinajstić information content (AvgIpc) is 2.94. The summed E-state index contributed by atoms with van der Waals surface area (Å²) in [4.78, 5) is 2.99. The third-order valence-electron chi connectivity index (χ3n) is 2.60. The summed E-state index contributed by atoms with van der Waals surface area (Å²) in [6, 6.07) is 10.00. The molecule has 0 spiro atoms. The molecule has 1 aromatic carbocycles. The summed E-state index contributed by atoms with van der Waals surface area (Å²) in [5, 5.41) is 4.33. The van der Waals surface area contributed by atoms with Crippen LogP contribution in [0.1, 0.15) is 5.76 Å². The molecule has 0 saturated heterocycles. The molecule has 0 unspecified atom stereocenters. The Morgan fingerprint density at radius 2 is 1.89 bits per heavy atom. The number of halogens is 3. The lowest BCUT2D eigenvalue weighted by Gasteiger charge is -1.97. The Morgan fingerprint density at radius 3 is 2.56 bits per heavy atom. The van der Waals surface area contributed by atoms with Crippen LogP contribution in [0, 0.1) is 0 Å². The zero-order chi connectivity index (χ0) is 12.8. The quantitative estimate of drug-likeness (QED) is 0.714. The number of aromatic nitrogens is 2. The molecule has 0 fully saturated rings. The Morgan fingerprint density at radius 1 is 1.11 bits per heavy atom. The summed E-state index contributed by atoms with van der Waals surface area (Å²) in [5.41, 5.74) is 1.47. The Labute approximate surface area is 99.2 Å². The fraction of sp³-hybridized carbons (Fsp3) is 0.0833. The molecule has 3 aromatic rings. The predicted molar refractivity (Wildman–Crippen MR) is 58.8 cm³/mol. The number of alkyl halides is 3. The zero-order valence-electron chi connectivity index (χ0n) is 8.95. The fourth-order valence-corrected chi connectivity index (χ4v) is 1.75. The van der Waals surface area contributed by atoms with Crippen LogP contribution in [0.5, 0.6) is 0 Å². The molecular weight excluding hydrogens is 245 g/mol. The molecule has 3 rings (SSSR count). The molecule has 1 N–H and O–H groups in total. The van der Waals surface area contributed by atoms with E-state index in [9.17, 15) is 13.2 Å². The van der Waals surface area contributed by atoms with Crippen molar-refractivity contribution in [3.8, 4) is 11.4 Å². The van der Waals surface area contributed by atoms with Gasteiger partial charge in [-0.2, -0.15) is 13.2 Å². The number of benzene rings is 1. The van der Waals surface area contributed by atoms with Crippen LogP contribution in [-0.4, -0.2) is 10.1 Å². The van der Waals surface area contributed by atoms with Crippen molar-refractivity contribution < 1.29 is 17.7 Å². The average molecular weight is 252 g/mol. The molecule has 0 aliphatic heterocycles. The van der Waals surface area contributed by atoms with E-state index in [1.54, 1.807) is 6.07 Å². The summed E-state index contributed by atoms with van der Waals surface area (Å²) < 4.78 is 41.4. The van der Waals surface area contributed by atoms with Crippen LogP contribution in [0.4, 0.5) is 13.2 Å². The lowest BCUT2D eigenvalue weighted by atomic mass is 10.2. The SMILES string of the molecule is FC(F)(F)c1cc(-c2cc3ccccc3[nH]2)no1. The Kier molecular flexibility index (Phi) is 2.19. The standard InChI is InChI=1S/C12H7F3N2O/c13-12(14,15)11-6-10(17-18-11)9-5-7-3-1-2-4-8(7)16-9/h1-6,16H. The highest BCUT2D eigenvalue weighted by Crippen LogP contribution is 2.32. The van der Waals surface area contributed by atoms with Crippen LogP contribution in [0.25, 0.3) is 22.3 Å². The van der Waals surface area contributed by atoms with Gasteiger partial charge in [0.1, 0.15) is 5.69 Å². The van der Waals surface area contributed by atoms with Gasteiger partial charge in [0.2, 0.25) is 5.76 Å². The molecule has 0 radical (unpaired) electrons. The van der Waals surface area contributed by atoms with Gasteiger partial charge in [-0.15, -0.1) is 0 Å². The van der Waals surface area contributed by atoms with Crippen molar-refractivity contribution in [3.63, 3.8) is 0 Å². The Bertz CT molecular complexity index is 663. The minimum atomic E-state index is -4.52. The number of para-hydroxylation sites is 1. The molecular formula is C12H7F3N2O. The molecule has 0 atom stereocenters. The van der Waals surface area contributed by atoms with Crippen molar-refractivity contribution in [1.29, 1.82) is 0 Å². The smallest absolute Gasteiger partial charge is 0.353 e. The molecule has 0 aliphatic carbocycles. The minimum Gasteiger partial charge on any atom is -0.353 e. The number of aromatic amines is 1. The van der Waals surface area contributed by atoms with Crippen LogP contribution >= 0.6 is 0 Å². The number of nitrogens with zero attached hydrogens (tertiary/aromatic N) is 1. The van der Waals surface area contributed by atoms with Gasteiger partial charge < -0.3 is 9.51 Å². The van der Waals surface area contributed by atoms with Crippen LogP contribution in [0.3, 0.4) is 0 Å². The highest BCUT2D eigenvalue weighted by Gasteiger charge is 2.36. The Hall–Kier alpha value is -2.24. The maximum absolute atomic E-state index is 12.4. The van der Waals surface area contributed by atoms with Crippen LogP contribution in [0.2, 0.25) is 0 Å². The van der Waals surface area contributed by atoms with Crippen molar-refractivity contribution in [2.45, 2.75) is 6.18 Å². The first-order valence-electron chi connectivity index (χ1n) is 5.16. The van der Waals surface area contributed by atoms with E-state index in [2.05, 4.69) is 14.7 Å². The summed E-state index contributed by atoms with van der Waals surface area (Å²) in [6.45, 7) is 0. The largest absolute Gasteiger partial charge is 0.452 e. The first kappa shape index (κ1) is 10.9. The van der Waals surface area contributed by atoms with E-state index in [-0.39, 0.29) is 5.69 Å². The molecule has 18 heavy (non-hydrogen) atoms. The lowest BCUT2D eigenvalue weighted by Crippen LogP contribution is -2.02. The maximum atomic E-state index is 12.4. The van der Waals surface area contributed by atoms with Gasteiger partial charge >= 0.3 is 6.18 Å². The molecule has 2 aromatic heterocycles. The second kappa shape index (κ2) is 3.63. The molecule has 6 heteroatoms. The topological polar surface area (TPSA) is 41.8 Å². The molecule has 0 bridgehead atoms. The van der Waals surface area contributed by atoms with E-state index in [1.165, 1.54) is 0 Å². The molecule has 92 valence electrons. The molecule has 0 amide bonds. The van der Waals surface area contributed by atoms with E-state index < -0.39 is 11.9 Å². The third-order valence-corrected chi connectivity index (χ3v) is 2.60. The van der Waals surface area contributed by atoms with Gasteiger partial charge in [0.05, 0.1) is 5.69 Å². The lowest BCUT2D eigenvalue weighted by molar-refractivity contribution is -0.155. The van der Waals surface area contributed by atoms with E-state index in [1.807, 2.05) is 24.3 Å². The van der Waals surface area contributed by atoms with Crippen LogP contribution in [0.15, 0.2) is 40.9 Å². The van der Waals surface area contributed by atoms with Crippen molar-refractivity contribution >= 4 is 10.9 Å². The van der Waals surface area contributed by atoms with Crippen molar-refractivity contribution in [3.05, 3.63) is 42.2 Å². The number of H-pyrrole nitrogens is 1. The second-order valence-corrected chi connectivity index (χ2v) is 3.84. The van der Waals surface area contributed by atoms with Crippen molar-refractivity contribution in [2.75, 3.05) is 0 Å². The zero-order valence-corrected chi connectivity index (χ0v) is 8.95. The first-order valence-corrected chi connectivity index (χ1v) is 5.16. The van der Waals surface area contributed by atoms with Gasteiger partial charge in [0.15, 0.2) is 0 Å². The molecule has 0 aliphatic rings. The molecule has 2 heterocycles. The van der Waals surface area contributed by atoms with E-state index in [0.717, 1.165) is 17.0 Å². The van der Waals surface area contributed by atoms with Gasteiger partial charge in [0, 0.05) is 17.0 Å². The normalized spacial score (nSPS) is 12.2. The number of hydrogen-bond donors (Lipinski definition) is 1. The number of nitrogens with one attached hydrogen (secondary N) is 1. The predicted octanol–water partition coefficient (Wildman–Crippen LogP) is 3.84.